The smallest absolute Gasteiger partial charge is 0.241 e. The van der Waals surface area contributed by atoms with E-state index in [0.29, 0.717) is 17.6 Å². The molecule has 0 aromatic carbocycles. The molecule has 5 fully saturated rings. The van der Waals surface area contributed by atoms with E-state index in [1.165, 1.54) is 4.31 Å². The molecule has 2 saturated heterocycles. The number of hydrogen-bond acceptors (Lipinski definition) is 6. The van der Waals surface area contributed by atoms with Crippen molar-refractivity contribution in [3.8, 4) is 0 Å². The normalized spacial score (nSPS) is 31.5. The van der Waals surface area contributed by atoms with Crippen molar-refractivity contribution in [2.75, 3.05) is 24.5 Å². The molecule has 32 heavy (non-hydrogen) atoms. The van der Waals surface area contributed by atoms with Gasteiger partial charge in [-0.05, 0) is 62.7 Å². The maximum Gasteiger partial charge on any atom is 0.241 e. The lowest BCUT2D eigenvalue weighted by Gasteiger charge is -2.42. The van der Waals surface area contributed by atoms with Crippen molar-refractivity contribution in [3.63, 3.8) is 0 Å². The number of amides is 1. The van der Waals surface area contributed by atoms with Gasteiger partial charge >= 0.3 is 0 Å². The van der Waals surface area contributed by atoms with Gasteiger partial charge in [0.2, 0.25) is 15.9 Å². The van der Waals surface area contributed by atoms with Crippen LogP contribution >= 0.6 is 24.0 Å². The summed E-state index contributed by atoms with van der Waals surface area (Å²) in [4.78, 5) is 23.6. The van der Waals surface area contributed by atoms with Gasteiger partial charge in [-0.25, -0.2) is 17.7 Å². The number of carbonyl (C=O) groups excluding carboxylic acids is 1. The Kier molecular flexibility index (Phi) is 7.23. The Bertz CT molecular complexity index is 931. The molecule has 0 radical (unpaired) electrons. The molecule has 6 rings (SSSR count). The third-order valence-electron chi connectivity index (χ3n) is 8.08. The number of nitrogens with zero attached hydrogens (tertiary/aromatic N) is 4. The molecule has 3 aliphatic carbocycles. The van der Waals surface area contributed by atoms with Crippen molar-refractivity contribution in [3.05, 3.63) is 17.5 Å². The Labute approximate surface area is 201 Å². The highest BCUT2D eigenvalue weighted by Gasteiger charge is 2.61. The molecule has 3 heterocycles. The van der Waals surface area contributed by atoms with Crippen LogP contribution in [-0.4, -0.2) is 53.5 Å². The van der Waals surface area contributed by atoms with E-state index >= 15 is 0 Å². The van der Waals surface area contributed by atoms with E-state index < -0.39 is 15.3 Å². The number of unbranched alkanes of at least 4 members (excludes halogenated alkanes) is 1. The average Bonchev–Trinajstić information content (AvgIpc) is 3.00. The van der Waals surface area contributed by atoms with Gasteiger partial charge in [-0.2, -0.15) is 0 Å². The number of halogens is 2. The van der Waals surface area contributed by atoms with Crippen LogP contribution < -0.4 is 4.90 Å². The third-order valence-corrected chi connectivity index (χ3v) is 10.6. The molecule has 1 amide bonds. The van der Waals surface area contributed by atoms with E-state index in [9.17, 15) is 13.2 Å². The lowest BCUT2D eigenvalue weighted by molar-refractivity contribution is -0.133. The van der Waals surface area contributed by atoms with Gasteiger partial charge in [0.05, 0.1) is 23.6 Å². The summed E-state index contributed by atoms with van der Waals surface area (Å²) < 4.78 is 27.5. The minimum Gasteiger partial charge on any atom is -0.355 e. The first-order valence-electron chi connectivity index (χ1n) is 11.7. The highest BCUT2D eigenvalue weighted by Crippen LogP contribution is 2.52. The summed E-state index contributed by atoms with van der Waals surface area (Å²) in [5, 5.41) is -0.00898. The fourth-order valence-corrected chi connectivity index (χ4v) is 9.13. The molecule has 5 aliphatic rings. The Morgan fingerprint density at radius 3 is 2.34 bits per heavy atom. The van der Waals surface area contributed by atoms with E-state index in [1.54, 1.807) is 12.4 Å². The first kappa shape index (κ1) is 24.0. The van der Waals surface area contributed by atoms with Crippen LogP contribution in [0, 0.1) is 23.7 Å². The van der Waals surface area contributed by atoms with E-state index in [-0.39, 0.29) is 36.1 Å². The summed E-state index contributed by atoms with van der Waals surface area (Å²) in [5.74, 6) is 1.60. The van der Waals surface area contributed by atoms with Gasteiger partial charge in [-0.1, -0.05) is 24.4 Å². The molecule has 2 atom stereocenters. The number of piperidine rings is 1. The van der Waals surface area contributed by atoms with E-state index in [1.807, 2.05) is 0 Å². The molecule has 10 heteroatoms. The van der Waals surface area contributed by atoms with Crippen molar-refractivity contribution in [1.82, 2.24) is 14.3 Å². The van der Waals surface area contributed by atoms with E-state index in [2.05, 4.69) is 14.9 Å². The summed E-state index contributed by atoms with van der Waals surface area (Å²) in [5.41, 5.74) is 0. The molecule has 2 aliphatic heterocycles. The van der Waals surface area contributed by atoms with E-state index in [4.69, 9.17) is 11.6 Å². The zero-order valence-electron chi connectivity index (χ0n) is 18.2. The number of hydrogen-bond donors (Lipinski definition) is 0. The third kappa shape index (κ3) is 4.34. The molecule has 7 nitrogen and oxygen atoms in total. The number of sulfonamides is 1. The summed E-state index contributed by atoms with van der Waals surface area (Å²) in [6.45, 7) is 2.24. The molecule has 2 unspecified atom stereocenters. The Morgan fingerprint density at radius 1 is 1.00 bits per heavy atom. The molecule has 1 aromatic rings. The SMILES string of the molecule is Cl.O=C1C2C3CCC(CC3)C2S(=O)(=O)N1CCCCC1CCN(c2cncc(Cl)n2)CC1. The zero-order chi connectivity index (χ0) is 21.6. The summed E-state index contributed by atoms with van der Waals surface area (Å²) >= 11 is 5.95. The number of fused-ring (bicyclic) bond motifs is 2. The maximum atomic E-state index is 13.1. The van der Waals surface area contributed by atoms with Gasteiger partial charge in [0.25, 0.3) is 0 Å². The molecule has 2 bridgehead atoms. The van der Waals surface area contributed by atoms with Crippen LogP contribution in [0.2, 0.25) is 5.15 Å². The first-order chi connectivity index (χ1) is 14.9. The number of anilines is 1. The molecule has 3 saturated carbocycles. The van der Waals surface area contributed by atoms with Gasteiger partial charge in [0, 0.05) is 19.6 Å². The Morgan fingerprint density at radius 2 is 1.69 bits per heavy atom. The molecule has 0 spiro atoms. The molecule has 0 N–H and O–H groups in total. The van der Waals surface area contributed by atoms with Crippen molar-refractivity contribution >= 4 is 45.8 Å². The largest absolute Gasteiger partial charge is 0.355 e. The quantitative estimate of drug-likeness (QED) is 0.548. The van der Waals surface area contributed by atoms with Crippen LogP contribution in [0.15, 0.2) is 12.4 Å². The summed E-state index contributed by atoms with van der Waals surface area (Å²) in [6, 6.07) is 0. The highest BCUT2D eigenvalue weighted by molar-refractivity contribution is 7.90. The topological polar surface area (TPSA) is 83.5 Å². The fraction of sp³-hybridized carbons (Fsp3) is 0.773. The van der Waals surface area contributed by atoms with Crippen LogP contribution in [0.5, 0.6) is 0 Å². The van der Waals surface area contributed by atoms with Gasteiger partial charge < -0.3 is 4.90 Å². The summed E-state index contributed by atoms with van der Waals surface area (Å²) in [7, 11) is -3.46. The second-order valence-electron chi connectivity index (χ2n) is 9.75. The second kappa shape index (κ2) is 9.63. The fourth-order valence-electron chi connectivity index (χ4n) is 6.46. The van der Waals surface area contributed by atoms with Crippen molar-refractivity contribution in [1.29, 1.82) is 0 Å². The number of rotatable bonds is 6. The van der Waals surface area contributed by atoms with Gasteiger partial charge in [-0.15, -0.1) is 12.4 Å². The van der Waals surface area contributed by atoms with Crippen LogP contribution in [0.25, 0.3) is 0 Å². The zero-order valence-corrected chi connectivity index (χ0v) is 20.6. The molecular weight excluding hydrogens is 471 g/mol. The minimum atomic E-state index is -3.46. The predicted molar refractivity (Wildman–Crippen MR) is 126 cm³/mol. The monoisotopic (exact) mass is 502 g/mol. The highest BCUT2D eigenvalue weighted by atomic mass is 35.5. The lowest BCUT2D eigenvalue weighted by atomic mass is 9.64. The Balaban J connectivity index is 0.00000245. The van der Waals surface area contributed by atoms with Crippen molar-refractivity contribution in [2.24, 2.45) is 23.7 Å². The second-order valence-corrected chi connectivity index (χ2v) is 12.1. The lowest BCUT2D eigenvalue weighted by Crippen LogP contribution is -2.45. The average molecular weight is 503 g/mol. The Hall–Kier alpha value is -1.12. The van der Waals surface area contributed by atoms with Crippen LogP contribution in [0.1, 0.15) is 57.8 Å². The van der Waals surface area contributed by atoms with Crippen molar-refractivity contribution < 1.29 is 13.2 Å². The van der Waals surface area contributed by atoms with E-state index in [0.717, 1.165) is 76.7 Å². The van der Waals surface area contributed by atoms with Gasteiger partial charge in [-0.3, -0.25) is 9.78 Å². The van der Waals surface area contributed by atoms with Crippen LogP contribution in [0.3, 0.4) is 0 Å². The molecular formula is C22H32Cl2N4O3S. The molecule has 178 valence electrons. The maximum absolute atomic E-state index is 13.1. The minimum absolute atomic E-state index is 0. The number of aromatic nitrogens is 2. The molecule has 1 aromatic heterocycles. The van der Waals surface area contributed by atoms with Gasteiger partial charge in [0.15, 0.2) is 0 Å². The van der Waals surface area contributed by atoms with Crippen LogP contribution in [0.4, 0.5) is 5.82 Å². The standard InChI is InChI=1S/C22H31ClN4O3S.ClH/c23-18-13-24-14-19(25-18)26-11-8-15(9-12-26)3-1-2-10-27-22(28)20-16-4-6-17(7-5-16)21(20)31(27,29)30;/h13-17,20-21H,1-12H2;1H. The van der Waals surface area contributed by atoms with Crippen molar-refractivity contribution in [2.45, 2.75) is 63.0 Å². The predicted octanol–water partition coefficient (Wildman–Crippen LogP) is 3.92. The summed E-state index contributed by atoms with van der Waals surface area (Å²) in [6.07, 6.45) is 12.3. The van der Waals surface area contributed by atoms with Crippen LogP contribution in [-0.2, 0) is 14.8 Å². The first-order valence-corrected chi connectivity index (χ1v) is 13.6. The van der Waals surface area contributed by atoms with Gasteiger partial charge in [0.1, 0.15) is 11.0 Å². The number of carbonyl (C=O) groups is 1.